The van der Waals surface area contributed by atoms with E-state index in [1.807, 2.05) is 11.3 Å². The monoisotopic (exact) mass is 279 g/mol. The Labute approximate surface area is 122 Å². The van der Waals surface area contributed by atoms with E-state index in [0.717, 1.165) is 5.92 Å². The Balaban J connectivity index is 2.25. The molecule has 0 aliphatic heterocycles. The molecule has 2 unspecified atom stereocenters. The first-order valence-corrected chi connectivity index (χ1v) is 8.35. The van der Waals surface area contributed by atoms with E-state index < -0.39 is 0 Å². The first-order chi connectivity index (χ1) is 8.75. The molecule has 0 amide bonds. The second-order valence-corrected chi connectivity index (χ2v) is 8.82. The van der Waals surface area contributed by atoms with Gasteiger partial charge in [-0.15, -0.1) is 11.3 Å². The summed E-state index contributed by atoms with van der Waals surface area (Å²) in [6, 6.07) is 5.20. The zero-order valence-corrected chi connectivity index (χ0v) is 14.2. The molecule has 0 saturated heterocycles. The van der Waals surface area contributed by atoms with Crippen molar-refractivity contribution >= 4 is 11.3 Å². The highest BCUT2D eigenvalue weighted by Gasteiger charge is 2.40. The van der Waals surface area contributed by atoms with Crippen molar-refractivity contribution in [1.82, 2.24) is 5.32 Å². The van der Waals surface area contributed by atoms with Crippen molar-refractivity contribution in [2.75, 3.05) is 7.05 Å². The molecule has 0 aromatic carbocycles. The van der Waals surface area contributed by atoms with Crippen molar-refractivity contribution in [1.29, 1.82) is 0 Å². The van der Waals surface area contributed by atoms with Crippen LogP contribution in [0.1, 0.15) is 69.7 Å². The van der Waals surface area contributed by atoms with Crippen LogP contribution in [0.15, 0.2) is 12.1 Å². The summed E-state index contributed by atoms with van der Waals surface area (Å²) in [4.78, 5) is 3.02. The quantitative estimate of drug-likeness (QED) is 0.808. The van der Waals surface area contributed by atoms with Crippen LogP contribution in [0.2, 0.25) is 0 Å². The van der Waals surface area contributed by atoms with E-state index in [0.29, 0.717) is 11.5 Å². The van der Waals surface area contributed by atoms with Crippen molar-refractivity contribution < 1.29 is 0 Å². The summed E-state index contributed by atoms with van der Waals surface area (Å²) in [5.41, 5.74) is 0.742. The van der Waals surface area contributed by atoms with Crippen LogP contribution in [0.5, 0.6) is 0 Å². The van der Waals surface area contributed by atoms with E-state index in [2.05, 4.69) is 59.1 Å². The molecule has 0 spiro atoms. The van der Waals surface area contributed by atoms with Gasteiger partial charge in [0, 0.05) is 15.8 Å². The third-order valence-electron chi connectivity index (χ3n) is 4.73. The van der Waals surface area contributed by atoms with Crippen LogP contribution in [0.4, 0.5) is 0 Å². The zero-order chi connectivity index (χ0) is 14.3. The molecule has 1 aliphatic rings. The maximum Gasteiger partial charge on any atom is 0.0446 e. The third-order valence-corrected chi connectivity index (χ3v) is 6.32. The number of hydrogen-bond acceptors (Lipinski definition) is 2. The number of thiophene rings is 1. The summed E-state index contributed by atoms with van der Waals surface area (Å²) in [5.74, 6) is 0.768. The molecule has 1 nitrogen and oxygen atoms in total. The molecule has 2 rings (SSSR count). The molecule has 1 N–H and O–H groups in total. The minimum atomic E-state index is 0.270. The first-order valence-electron chi connectivity index (χ1n) is 7.53. The lowest BCUT2D eigenvalue weighted by Gasteiger charge is -2.33. The highest BCUT2D eigenvalue weighted by Crippen LogP contribution is 2.49. The Hall–Kier alpha value is -0.340. The van der Waals surface area contributed by atoms with Gasteiger partial charge in [-0.2, -0.15) is 0 Å². The molecule has 1 heterocycles. The predicted molar refractivity (Wildman–Crippen MR) is 85.9 cm³/mol. The van der Waals surface area contributed by atoms with Gasteiger partial charge in [-0.1, -0.05) is 41.0 Å². The Morgan fingerprint density at radius 1 is 1.32 bits per heavy atom. The van der Waals surface area contributed by atoms with Crippen molar-refractivity contribution in [3.63, 3.8) is 0 Å². The van der Waals surface area contributed by atoms with Gasteiger partial charge in [0.25, 0.3) is 0 Å². The maximum absolute atomic E-state index is 3.59. The lowest BCUT2D eigenvalue weighted by molar-refractivity contribution is 0.205. The van der Waals surface area contributed by atoms with Crippen LogP contribution in [0, 0.1) is 11.3 Å². The molecule has 2 atom stereocenters. The average Bonchev–Trinajstić information content (AvgIpc) is 2.87. The molecular weight excluding hydrogens is 250 g/mol. The van der Waals surface area contributed by atoms with Crippen LogP contribution in [0.3, 0.4) is 0 Å². The fraction of sp³-hybridized carbons (Fsp3) is 0.765. The lowest BCUT2D eigenvalue weighted by Crippen LogP contribution is -2.31. The van der Waals surface area contributed by atoms with E-state index >= 15 is 0 Å². The van der Waals surface area contributed by atoms with Crippen LogP contribution in [-0.4, -0.2) is 7.05 Å². The van der Waals surface area contributed by atoms with Gasteiger partial charge >= 0.3 is 0 Å². The van der Waals surface area contributed by atoms with Gasteiger partial charge in [0.15, 0.2) is 0 Å². The largest absolute Gasteiger partial charge is 0.312 e. The van der Waals surface area contributed by atoms with Gasteiger partial charge in [0.2, 0.25) is 0 Å². The molecule has 19 heavy (non-hydrogen) atoms. The average molecular weight is 279 g/mol. The van der Waals surface area contributed by atoms with Gasteiger partial charge in [0.05, 0.1) is 0 Å². The van der Waals surface area contributed by atoms with E-state index in [1.165, 1.54) is 29.0 Å². The normalized spacial score (nSPS) is 24.6. The number of rotatable bonds is 3. The van der Waals surface area contributed by atoms with Crippen molar-refractivity contribution in [3.8, 4) is 0 Å². The minimum Gasteiger partial charge on any atom is -0.312 e. The van der Waals surface area contributed by atoms with Gasteiger partial charge in [-0.05, 0) is 48.8 Å². The second kappa shape index (κ2) is 5.21. The summed E-state index contributed by atoms with van der Waals surface area (Å²) in [7, 11) is 2.12. The summed E-state index contributed by atoms with van der Waals surface area (Å²) >= 11 is 2.00. The van der Waals surface area contributed by atoms with E-state index in [-0.39, 0.29) is 5.41 Å². The van der Waals surface area contributed by atoms with Crippen molar-refractivity contribution in [2.24, 2.45) is 11.3 Å². The van der Waals surface area contributed by atoms with Gasteiger partial charge in [-0.3, -0.25) is 0 Å². The Kier molecular flexibility index (Phi) is 4.13. The van der Waals surface area contributed by atoms with Crippen LogP contribution < -0.4 is 5.32 Å². The summed E-state index contributed by atoms with van der Waals surface area (Å²) < 4.78 is 0. The molecule has 2 heteroatoms. The Morgan fingerprint density at radius 3 is 2.42 bits per heavy atom. The number of hydrogen-bond donors (Lipinski definition) is 1. The van der Waals surface area contributed by atoms with Crippen LogP contribution in [0.25, 0.3) is 0 Å². The maximum atomic E-state index is 3.59. The molecular formula is C17H29NS. The smallest absolute Gasteiger partial charge is 0.0446 e. The van der Waals surface area contributed by atoms with E-state index in [4.69, 9.17) is 0 Å². The minimum absolute atomic E-state index is 0.270. The molecule has 1 aliphatic carbocycles. The van der Waals surface area contributed by atoms with E-state index in [1.54, 1.807) is 0 Å². The molecule has 1 aromatic rings. The van der Waals surface area contributed by atoms with Crippen LogP contribution in [-0.2, 0) is 5.41 Å². The van der Waals surface area contributed by atoms with Gasteiger partial charge in [-0.25, -0.2) is 0 Å². The fourth-order valence-corrected chi connectivity index (χ4v) is 4.68. The molecule has 1 aromatic heterocycles. The molecule has 1 saturated carbocycles. The first kappa shape index (κ1) is 15.1. The van der Waals surface area contributed by atoms with Crippen molar-refractivity contribution in [2.45, 2.75) is 65.3 Å². The molecule has 0 bridgehead atoms. The van der Waals surface area contributed by atoms with Crippen LogP contribution >= 0.6 is 11.3 Å². The molecule has 0 radical (unpaired) electrons. The Morgan fingerprint density at radius 2 is 2.00 bits per heavy atom. The van der Waals surface area contributed by atoms with Crippen molar-refractivity contribution in [3.05, 3.63) is 21.9 Å². The molecule has 1 fully saturated rings. The lowest BCUT2D eigenvalue weighted by atomic mass is 9.77. The fourth-order valence-electron chi connectivity index (χ4n) is 3.44. The predicted octanol–water partition coefficient (Wildman–Crippen LogP) is 5.13. The summed E-state index contributed by atoms with van der Waals surface area (Å²) in [6.45, 7) is 11.8. The SMILES string of the molecule is CNC(c1ccc(C(C)(C)C)s1)C1CCCC1(C)C. The molecule has 108 valence electrons. The van der Waals surface area contributed by atoms with Gasteiger partial charge < -0.3 is 5.32 Å². The topological polar surface area (TPSA) is 12.0 Å². The summed E-state index contributed by atoms with van der Waals surface area (Å²) in [5, 5.41) is 3.59. The van der Waals surface area contributed by atoms with E-state index in [9.17, 15) is 0 Å². The third kappa shape index (κ3) is 3.05. The zero-order valence-electron chi connectivity index (χ0n) is 13.3. The second-order valence-electron chi connectivity index (χ2n) is 7.71. The Bertz CT molecular complexity index is 425. The number of nitrogens with one attached hydrogen (secondary N) is 1. The summed E-state index contributed by atoms with van der Waals surface area (Å²) in [6.07, 6.45) is 4.11. The standard InChI is InChI=1S/C17H29NS/c1-16(2,3)14-10-9-13(19-14)15(18-6)12-8-7-11-17(12,4)5/h9-10,12,15,18H,7-8,11H2,1-6H3. The van der Waals surface area contributed by atoms with Gasteiger partial charge in [0.1, 0.15) is 0 Å². The highest BCUT2D eigenvalue weighted by atomic mass is 32.1. The highest BCUT2D eigenvalue weighted by molar-refractivity contribution is 7.12.